The van der Waals surface area contributed by atoms with Crippen LogP contribution in [-0.4, -0.2) is 30.8 Å². The van der Waals surface area contributed by atoms with E-state index in [0.29, 0.717) is 13.2 Å². The van der Waals surface area contributed by atoms with Crippen molar-refractivity contribution in [3.8, 4) is 5.75 Å². The summed E-state index contributed by atoms with van der Waals surface area (Å²) < 4.78 is 5.34. The van der Waals surface area contributed by atoms with Crippen LogP contribution in [0.1, 0.15) is 20.3 Å². The first-order valence-corrected chi connectivity index (χ1v) is 7.57. The van der Waals surface area contributed by atoms with Crippen LogP contribution in [0, 0.1) is 0 Å². The molecule has 0 aliphatic heterocycles. The lowest BCUT2D eigenvalue weighted by Gasteiger charge is -2.06. The predicted molar refractivity (Wildman–Crippen MR) is 80.2 cm³/mol. The molecule has 1 rings (SSSR count). The van der Waals surface area contributed by atoms with E-state index in [4.69, 9.17) is 4.74 Å². The van der Waals surface area contributed by atoms with Crippen molar-refractivity contribution in [2.45, 2.75) is 25.2 Å². The maximum absolute atomic E-state index is 11.5. The number of ether oxygens (including phenoxy) is 1. The van der Waals surface area contributed by atoms with Gasteiger partial charge in [-0.25, -0.2) is 4.79 Å². The topological polar surface area (TPSA) is 67.4 Å². The Bertz CT molecular complexity index is 435. The fraction of sp³-hybridized carbons (Fsp3) is 0.429. The normalized spacial score (nSPS) is 9.90. The standard InChI is InChI=1S/C14H20N2O3S/c1-3-9-15-14(18)16-13(17)10-20-12-7-5-11(6-8-12)19-4-2/h5-8H,3-4,9-10H2,1-2H3,(H2,15,16,17,18). The quantitative estimate of drug-likeness (QED) is 0.758. The van der Waals surface area contributed by atoms with Crippen LogP contribution in [-0.2, 0) is 4.79 Å². The summed E-state index contributed by atoms with van der Waals surface area (Å²) in [5.74, 6) is 0.700. The maximum atomic E-state index is 11.5. The second-order valence-electron chi connectivity index (χ2n) is 4.00. The van der Waals surface area contributed by atoms with Gasteiger partial charge in [0.2, 0.25) is 5.91 Å². The molecule has 0 atom stereocenters. The number of hydrogen-bond donors (Lipinski definition) is 2. The summed E-state index contributed by atoms with van der Waals surface area (Å²) in [4.78, 5) is 23.8. The Balaban J connectivity index is 2.31. The van der Waals surface area contributed by atoms with E-state index < -0.39 is 6.03 Å². The van der Waals surface area contributed by atoms with E-state index in [1.165, 1.54) is 11.8 Å². The van der Waals surface area contributed by atoms with E-state index in [1.54, 1.807) is 0 Å². The molecule has 0 saturated carbocycles. The zero-order valence-electron chi connectivity index (χ0n) is 11.8. The van der Waals surface area contributed by atoms with Crippen molar-refractivity contribution >= 4 is 23.7 Å². The molecule has 6 heteroatoms. The highest BCUT2D eigenvalue weighted by atomic mass is 32.2. The molecule has 2 N–H and O–H groups in total. The number of carbonyl (C=O) groups is 2. The number of rotatable bonds is 7. The average molecular weight is 296 g/mol. The number of thioether (sulfide) groups is 1. The summed E-state index contributed by atoms with van der Waals surface area (Å²) in [5, 5.41) is 4.87. The lowest BCUT2D eigenvalue weighted by Crippen LogP contribution is -2.40. The summed E-state index contributed by atoms with van der Waals surface area (Å²) in [5.41, 5.74) is 0. The molecule has 0 aliphatic rings. The Morgan fingerprint density at radius 2 is 1.90 bits per heavy atom. The minimum Gasteiger partial charge on any atom is -0.494 e. The molecule has 5 nitrogen and oxygen atoms in total. The van der Waals surface area contributed by atoms with Gasteiger partial charge in [0.15, 0.2) is 0 Å². The van der Waals surface area contributed by atoms with Gasteiger partial charge in [0.25, 0.3) is 0 Å². The molecule has 0 bridgehead atoms. The zero-order valence-corrected chi connectivity index (χ0v) is 12.6. The fourth-order valence-electron chi connectivity index (χ4n) is 1.39. The van der Waals surface area contributed by atoms with Gasteiger partial charge < -0.3 is 10.1 Å². The highest BCUT2D eigenvalue weighted by Crippen LogP contribution is 2.21. The molecule has 0 aromatic heterocycles. The summed E-state index contributed by atoms with van der Waals surface area (Å²) in [6.07, 6.45) is 0.836. The molecule has 0 heterocycles. The van der Waals surface area contributed by atoms with E-state index in [-0.39, 0.29) is 11.7 Å². The molecule has 20 heavy (non-hydrogen) atoms. The Morgan fingerprint density at radius 1 is 1.20 bits per heavy atom. The zero-order chi connectivity index (χ0) is 14.8. The van der Waals surface area contributed by atoms with Crippen LogP contribution in [0.3, 0.4) is 0 Å². The molecule has 3 amide bonds. The molecule has 0 spiro atoms. The molecule has 0 radical (unpaired) electrons. The van der Waals surface area contributed by atoms with Gasteiger partial charge in [-0.05, 0) is 37.6 Å². The smallest absolute Gasteiger partial charge is 0.321 e. The Kier molecular flexibility index (Phi) is 7.57. The first-order valence-electron chi connectivity index (χ1n) is 6.59. The van der Waals surface area contributed by atoms with Gasteiger partial charge in [0.05, 0.1) is 12.4 Å². The number of carbonyl (C=O) groups excluding carboxylic acids is 2. The van der Waals surface area contributed by atoms with Gasteiger partial charge in [-0.2, -0.15) is 0 Å². The number of urea groups is 1. The van der Waals surface area contributed by atoms with Crippen molar-refractivity contribution < 1.29 is 14.3 Å². The third-order valence-corrected chi connectivity index (χ3v) is 3.31. The van der Waals surface area contributed by atoms with Crippen molar-refractivity contribution in [1.82, 2.24) is 10.6 Å². The third kappa shape index (κ3) is 6.47. The monoisotopic (exact) mass is 296 g/mol. The lowest BCUT2D eigenvalue weighted by molar-refractivity contribution is -0.117. The van der Waals surface area contributed by atoms with E-state index in [1.807, 2.05) is 38.1 Å². The van der Waals surface area contributed by atoms with Gasteiger partial charge >= 0.3 is 6.03 Å². The number of hydrogen-bond acceptors (Lipinski definition) is 4. The molecule has 0 unspecified atom stereocenters. The molecule has 1 aromatic rings. The third-order valence-electron chi connectivity index (χ3n) is 2.29. The van der Waals surface area contributed by atoms with Crippen molar-refractivity contribution in [3.63, 3.8) is 0 Å². The van der Waals surface area contributed by atoms with E-state index >= 15 is 0 Å². The highest BCUT2D eigenvalue weighted by molar-refractivity contribution is 8.00. The first kappa shape index (κ1) is 16.4. The van der Waals surface area contributed by atoms with Crippen LogP contribution in [0.4, 0.5) is 4.79 Å². The van der Waals surface area contributed by atoms with Gasteiger partial charge in [-0.1, -0.05) is 6.92 Å². The van der Waals surface area contributed by atoms with Gasteiger partial charge in [-0.15, -0.1) is 11.8 Å². The molecule has 0 fully saturated rings. The lowest BCUT2D eigenvalue weighted by atomic mass is 10.3. The average Bonchev–Trinajstić information content (AvgIpc) is 2.45. The van der Waals surface area contributed by atoms with Crippen LogP contribution in [0.5, 0.6) is 5.75 Å². The number of nitrogens with one attached hydrogen (secondary N) is 2. The number of amides is 3. The molecule has 110 valence electrons. The molecule has 0 saturated heterocycles. The summed E-state index contributed by atoms with van der Waals surface area (Å²) >= 11 is 1.37. The van der Waals surface area contributed by atoms with Crippen LogP contribution >= 0.6 is 11.8 Å². The Labute approximate surface area is 123 Å². The second kappa shape index (κ2) is 9.25. The van der Waals surface area contributed by atoms with Crippen LogP contribution < -0.4 is 15.4 Å². The van der Waals surface area contributed by atoms with Crippen molar-refractivity contribution in [3.05, 3.63) is 24.3 Å². The molecular weight excluding hydrogens is 276 g/mol. The van der Waals surface area contributed by atoms with E-state index in [9.17, 15) is 9.59 Å². The molecule has 0 aliphatic carbocycles. The fourth-order valence-corrected chi connectivity index (χ4v) is 2.09. The van der Waals surface area contributed by atoms with E-state index in [2.05, 4.69) is 10.6 Å². The first-order chi connectivity index (χ1) is 9.65. The SMILES string of the molecule is CCCNC(=O)NC(=O)CSc1ccc(OCC)cc1. The largest absolute Gasteiger partial charge is 0.494 e. The minimum absolute atomic E-state index is 0.202. The Morgan fingerprint density at radius 3 is 2.50 bits per heavy atom. The minimum atomic E-state index is -0.441. The highest BCUT2D eigenvalue weighted by Gasteiger charge is 2.07. The maximum Gasteiger partial charge on any atom is 0.321 e. The number of benzene rings is 1. The van der Waals surface area contributed by atoms with Crippen molar-refractivity contribution in [2.75, 3.05) is 18.9 Å². The molecular formula is C14H20N2O3S. The second-order valence-corrected chi connectivity index (χ2v) is 5.05. The van der Waals surface area contributed by atoms with Crippen LogP contribution in [0.2, 0.25) is 0 Å². The predicted octanol–water partition coefficient (Wildman–Crippen LogP) is 2.41. The van der Waals surface area contributed by atoms with Gasteiger partial charge in [0.1, 0.15) is 5.75 Å². The van der Waals surface area contributed by atoms with E-state index in [0.717, 1.165) is 17.1 Å². The van der Waals surface area contributed by atoms with Crippen LogP contribution in [0.15, 0.2) is 29.2 Å². The van der Waals surface area contributed by atoms with Crippen LogP contribution in [0.25, 0.3) is 0 Å². The summed E-state index contributed by atoms with van der Waals surface area (Å²) in [6, 6.07) is 7.06. The Hall–Kier alpha value is -1.69. The van der Waals surface area contributed by atoms with Gasteiger partial charge in [-0.3, -0.25) is 10.1 Å². The molecule has 1 aromatic carbocycles. The van der Waals surface area contributed by atoms with Gasteiger partial charge in [0, 0.05) is 11.4 Å². The van der Waals surface area contributed by atoms with Crippen molar-refractivity contribution in [1.29, 1.82) is 0 Å². The summed E-state index contributed by atoms with van der Waals surface area (Å²) in [7, 11) is 0. The number of imide groups is 1. The van der Waals surface area contributed by atoms with Crippen molar-refractivity contribution in [2.24, 2.45) is 0 Å². The summed E-state index contributed by atoms with van der Waals surface area (Å²) in [6.45, 7) is 5.06.